The van der Waals surface area contributed by atoms with Gasteiger partial charge in [0, 0.05) is 5.02 Å². The molecular formula is C26H18BrClN2O6S. The second-order valence-electron chi connectivity index (χ2n) is 7.76. The Kier molecular flexibility index (Phi) is 7.91. The first-order valence-electron chi connectivity index (χ1n) is 10.7. The van der Waals surface area contributed by atoms with Crippen molar-refractivity contribution < 1.29 is 29.0 Å². The fourth-order valence-corrected chi connectivity index (χ4v) is 4.52. The van der Waals surface area contributed by atoms with Gasteiger partial charge in [-0.25, -0.2) is 4.79 Å². The third-order valence-electron chi connectivity index (χ3n) is 5.31. The van der Waals surface area contributed by atoms with E-state index < -0.39 is 17.8 Å². The standard InChI is InChI=1S/C26H18BrClN2O6S/c1-35-21-11-15(10-20(27)22(21)36-13-14-5-7-17(28)8-6-14)9-19-23(31)29-26(37)30(24(19)32)18-4-2-3-16(12-18)25(33)34/h2-12H,13H2,1H3,(H,33,34)(H,29,31,37). The molecule has 0 spiro atoms. The number of hydrogen-bond acceptors (Lipinski definition) is 6. The maximum atomic E-state index is 13.3. The lowest BCUT2D eigenvalue weighted by Crippen LogP contribution is -2.54. The van der Waals surface area contributed by atoms with E-state index in [1.165, 1.54) is 37.5 Å². The molecule has 2 N–H and O–H groups in total. The molecular weight excluding hydrogens is 584 g/mol. The normalized spacial score (nSPS) is 14.5. The quantitative estimate of drug-likeness (QED) is 0.217. The van der Waals surface area contributed by atoms with E-state index in [2.05, 4.69) is 21.2 Å². The number of anilines is 1. The molecule has 0 bridgehead atoms. The molecule has 0 saturated carbocycles. The number of carbonyl (C=O) groups is 3. The number of carbonyl (C=O) groups excluding carboxylic acids is 2. The van der Waals surface area contributed by atoms with Gasteiger partial charge in [-0.3, -0.25) is 19.8 Å². The summed E-state index contributed by atoms with van der Waals surface area (Å²) in [6.07, 6.45) is 1.39. The number of nitrogens with one attached hydrogen (secondary N) is 1. The minimum absolute atomic E-state index is 0.0293. The molecule has 2 amide bonds. The van der Waals surface area contributed by atoms with Gasteiger partial charge in [-0.05, 0) is 87.8 Å². The maximum Gasteiger partial charge on any atom is 0.335 e. The van der Waals surface area contributed by atoms with E-state index in [4.69, 9.17) is 33.3 Å². The van der Waals surface area contributed by atoms with Crippen LogP contribution in [0, 0.1) is 0 Å². The highest BCUT2D eigenvalue weighted by Crippen LogP contribution is 2.38. The van der Waals surface area contributed by atoms with Crippen LogP contribution in [0.4, 0.5) is 5.69 Å². The summed E-state index contributed by atoms with van der Waals surface area (Å²) in [5.74, 6) is -1.73. The predicted octanol–water partition coefficient (Wildman–Crippen LogP) is 5.22. The molecule has 1 saturated heterocycles. The molecule has 3 aromatic carbocycles. The third kappa shape index (κ3) is 5.82. The van der Waals surface area contributed by atoms with Crippen molar-refractivity contribution in [2.24, 2.45) is 0 Å². The molecule has 1 fully saturated rings. The van der Waals surface area contributed by atoms with Crippen molar-refractivity contribution in [3.05, 3.63) is 92.4 Å². The van der Waals surface area contributed by atoms with Gasteiger partial charge in [0.25, 0.3) is 11.8 Å². The number of carboxylic acids is 1. The largest absolute Gasteiger partial charge is 0.493 e. The van der Waals surface area contributed by atoms with Gasteiger partial charge in [0.1, 0.15) is 12.2 Å². The van der Waals surface area contributed by atoms with Crippen LogP contribution in [0.5, 0.6) is 11.5 Å². The van der Waals surface area contributed by atoms with E-state index in [-0.39, 0.29) is 28.5 Å². The van der Waals surface area contributed by atoms with E-state index in [1.807, 2.05) is 12.1 Å². The van der Waals surface area contributed by atoms with E-state index in [0.29, 0.717) is 26.6 Å². The zero-order valence-electron chi connectivity index (χ0n) is 19.2. The Labute approximate surface area is 230 Å². The summed E-state index contributed by atoms with van der Waals surface area (Å²) in [5.41, 5.74) is 1.37. The van der Waals surface area contributed by atoms with Crippen LogP contribution in [0.3, 0.4) is 0 Å². The lowest BCUT2D eigenvalue weighted by molar-refractivity contribution is -0.122. The molecule has 0 radical (unpaired) electrons. The Bertz CT molecular complexity index is 1460. The van der Waals surface area contributed by atoms with Crippen molar-refractivity contribution in [3.63, 3.8) is 0 Å². The number of benzene rings is 3. The Morgan fingerprint density at radius 1 is 1.16 bits per heavy atom. The Hall–Kier alpha value is -3.73. The van der Waals surface area contributed by atoms with Crippen LogP contribution in [0.25, 0.3) is 6.08 Å². The first-order chi connectivity index (χ1) is 17.7. The maximum absolute atomic E-state index is 13.3. The van der Waals surface area contributed by atoms with Crippen LogP contribution < -0.4 is 19.7 Å². The van der Waals surface area contributed by atoms with Crippen molar-refractivity contribution in [2.75, 3.05) is 12.0 Å². The van der Waals surface area contributed by atoms with Crippen LogP contribution in [0.1, 0.15) is 21.5 Å². The van der Waals surface area contributed by atoms with Gasteiger partial charge >= 0.3 is 5.97 Å². The number of amides is 2. The fraction of sp³-hybridized carbons (Fsp3) is 0.0769. The highest BCUT2D eigenvalue weighted by Gasteiger charge is 2.34. The zero-order valence-corrected chi connectivity index (χ0v) is 22.3. The number of halogens is 2. The summed E-state index contributed by atoms with van der Waals surface area (Å²) in [7, 11) is 1.47. The second-order valence-corrected chi connectivity index (χ2v) is 9.44. The van der Waals surface area contributed by atoms with Crippen LogP contribution >= 0.6 is 39.7 Å². The molecule has 1 aliphatic heterocycles. The molecule has 0 unspecified atom stereocenters. The molecule has 1 aliphatic rings. The van der Waals surface area contributed by atoms with E-state index in [9.17, 15) is 19.5 Å². The summed E-state index contributed by atoms with van der Waals surface area (Å²) < 4.78 is 12.0. The number of ether oxygens (including phenoxy) is 2. The summed E-state index contributed by atoms with van der Waals surface area (Å²) in [5, 5.41) is 12.2. The molecule has 4 rings (SSSR count). The number of thiocarbonyl (C=S) groups is 1. The molecule has 8 nitrogen and oxygen atoms in total. The number of rotatable bonds is 7. The minimum Gasteiger partial charge on any atom is -0.493 e. The lowest BCUT2D eigenvalue weighted by Gasteiger charge is -2.29. The summed E-state index contributed by atoms with van der Waals surface area (Å²) in [6.45, 7) is 0.259. The Morgan fingerprint density at radius 3 is 2.57 bits per heavy atom. The lowest BCUT2D eigenvalue weighted by atomic mass is 10.1. The number of aromatic carboxylic acids is 1. The van der Waals surface area contributed by atoms with Crippen molar-refractivity contribution in [3.8, 4) is 11.5 Å². The summed E-state index contributed by atoms with van der Waals surface area (Å²) in [4.78, 5) is 38.4. The van der Waals surface area contributed by atoms with E-state index in [0.717, 1.165) is 10.5 Å². The van der Waals surface area contributed by atoms with Gasteiger partial charge in [0.2, 0.25) is 0 Å². The minimum atomic E-state index is -1.16. The molecule has 11 heteroatoms. The summed E-state index contributed by atoms with van der Waals surface area (Å²) >= 11 is 14.6. The van der Waals surface area contributed by atoms with Gasteiger partial charge in [-0.1, -0.05) is 29.8 Å². The average Bonchev–Trinajstić information content (AvgIpc) is 2.86. The van der Waals surface area contributed by atoms with Gasteiger partial charge in [-0.2, -0.15) is 0 Å². The monoisotopic (exact) mass is 600 g/mol. The van der Waals surface area contributed by atoms with Gasteiger partial charge in [0.15, 0.2) is 16.6 Å². The molecule has 0 aliphatic carbocycles. The summed E-state index contributed by atoms with van der Waals surface area (Å²) in [6, 6.07) is 16.2. The van der Waals surface area contributed by atoms with E-state index >= 15 is 0 Å². The number of carboxylic acid groups (broad SMARTS) is 1. The first kappa shape index (κ1) is 26.3. The van der Waals surface area contributed by atoms with Gasteiger partial charge in [-0.15, -0.1) is 0 Å². The smallest absolute Gasteiger partial charge is 0.335 e. The molecule has 1 heterocycles. The number of hydrogen-bond donors (Lipinski definition) is 2. The van der Waals surface area contributed by atoms with Crippen LogP contribution in [-0.2, 0) is 16.2 Å². The van der Waals surface area contributed by atoms with Crippen molar-refractivity contribution in [1.82, 2.24) is 5.32 Å². The first-order valence-corrected chi connectivity index (χ1v) is 12.3. The van der Waals surface area contributed by atoms with E-state index in [1.54, 1.807) is 24.3 Å². The van der Waals surface area contributed by atoms with Gasteiger partial charge in [0.05, 0.1) is 22.8 Å². The van der Waals surface area contributed by atoms with Gasteiger partial charge < -0.3 is 14.6 Å². The molecule has 0 aromatic heterocycles. The molecule has 37 heavy (non-hydrogen) atoms. The topological polar surface area (TPSA) is 105 Å². The number of methoxy groups -OCH3 is 1. The number of nitrogens with zero attached hydrogens (tertiary/aromatic N) is 1. The second kappa shape index (κ2) is 11.1. The van der Waals surface area contributed by atoms with Crippen molar-refractivity contribution in [2.45, 2.75) is 6.61 Å². The Morgan fingerprint density at radius 2 is 1.89 bits per heavy atom. The predicted molar refractivity (Wildman–Crippen MR) is 146 cm³/mol. The van der Waals surface area contributed by atoms with Crippen molar-refractivity contribution in [1.29, 1.82) is 0 Å². The van der Waals surface area contributed by atoms with Crippen LogP contribution in [0.15, 0.2) is 70.7 Å². The molecule has 188 valence electrons. The molecule has 0 atom stereocenters. The van der Waals surface area contributed by atoms with Crippen molar-refractivity contribution >= 4 is 74.4 Å². The highest BCUT2D eigenvalue weighted by molar-refractivity contribution is 9.10. The highest BCUT2D eigenvalue weighted by atomic mass is 79.9. The fourth-order valence-electron chi connectivity index (χ4n) is 3.54. The molecule has 3 aromatic rings. The Balaban J connectivity index is 1.64. The van der Waals surface area contributed by atoms with Crippen LogP contribution in [-0.4, -0.2) is 35.1 Å². The zero-order chi connectivity index (χ0) is 26.7. The average molecular weight is 602 g/mol. The third-order valence-corrected chi connectivity index (χ3v) is 6.44. The SMILES string of the molecule is COc1cc(C=C2C(=O)NC(=S)N(c3cccc(C(=O)O)c3)C2=O)cc(Br)c1OCc1ccc(Cl)cc1. The van der Waals surface area contributed by atoms with Crippen LogP contribution in [0.2, 0.25) is 5.02 Å².